The lowest BCUT2D eigenvalue weighted by molar-refractivity contribution is -0.542. The highest BCUT2D eigenvalue weighted by Crippen LogP contribution is 2.21. The Bertz CT molecular complexity index is 639. The van der Waals surface area contributed by atoms with Gasteiger partial charge in [-0.3, -0.25) is 19.5 Å². The van der Waals surface area contributed by atoms with Crippen LogP contribution in [0.15, 0.2) is 4.99 Å². The lowest BCUT2D eigenvalue weighted by Gasteiger charge is -2.31. The number of urea groups is 1. The Labute approximate surface area is 150 Å². The Balaban J connectivity index is 1.92. The first-order valence-electron chi connectivity index (χ1n) is 9.28. The van der Waals surface area contributed by atoms with E-state index < -0.39 is 6.04 Å². The molecule has 0 aromatic rings. The number of amides is 3. The van der Waals surface area contributed by atoms with Gasteiger partial charge in [-0.1, -0.05) is 20.8 Å². The van der Waals surface area contributed by atoms with Crippen molar-refractivity contribution in [3.63, 3.8) is 0 Å². The van der Waals surface area contributed by atoms with Crippen LogP contribution in [-0.4, -0.2) is 89.2 Å². The maximum atomic E-state index is 12.8. The van der Waals surface area contributed by atoms with Crippen molar-refractivity contribution < 1.29 is 14.2 Å². The molecule has 2 atom stereocenters. The maximum Gasteiger partial charge on any atom is 0.333 e. The molecule has 3 aliphatic rings. The Hall–Kier alpha value is -1.76. The quantitative estimate of drug-likeness (QED) is 0.715. The molecule has 3 heterocycles. The zero-order valence-electron chi connectivity index (χ0n) is 16.0. The SMILES string of the molecule is CC(C)C[N+]1=C(CN2CCCC(C)C2)N=C2C1C(=O)N(C)C(=O)N2C. The number of imide groups is 1. The van der Waals surface area contributed by atoms with Gasteiger partial charge in [0.25, 0.3) is 17.8 Å². The Morgan fingerprint density at radius 3 is 2.60 bits per heavy atom. The third kappa shape index (κ3) is 3.34. The number of fused-ring (bicyclic) bond motifs is 1. The van der Waals surface area contributed by atoms with Crippen LogP contribution in [0.5, 0.6) is 0 Å². The molecule has 0 radical (unpaired) electrons. The summed E-state index contributed by atoms with van der Waals surface area (Å²) in [5.41, 5.74) is 0. The summed E-state index contributed by atoms with van der Waals surface area (Å²) in [6, 6.07) is -0.773. The standard InChI is InChI=1S/C18H30N5O2/c1-12(2)9-23-14(11-22-8-6-7-13(3)10-22)19-16-15(23)17(24)21(5)18(25)20(16)4/h12-13,15H,6-11H2,1-5H3/q+1. The van der Waals surface area contributed by atoms with Gasteiger partial charge < -0.3 is 0 Å². The van der Waals surface area contributed by atoms with Gasteiger partial charge in [-0.15, -0.1) is 0 Å². The van der Waals surface area contributed by atoms with Crippen LogP contribution in [0.3, 0.4) is 0 Å². The summed E-state index contributed by atoms with van der Waals surface area (Å²) in [5.74, 6) is 2.43. The Morgan fingerprint density at radius 1 is 1.24 bits per heavy atom. The fourth-order valence-electron chi connectivity index (χ4n) is 4.01. The summed E-state index contributed by atoms with van der Waals surface area (Å²) in [6.45, 7) is 10.2. The van der Waals surface area contributed by atoms with Gasteiger partial charge >= 0.3 is 11.9 Å². The summed E-state index contributed by atoms with van der Waals surface area (Å²) in [7, 11) is 3.26. The van der Waals surface area contributed by atoms with Crippen LogP contribution in [0, 0.1) is 11.8 Å². The van der Waals surface area contributed by atoms with Crippen LogP contribution in [0.25, 0.3) is 0 Å². The van der Waals surface area contributed by atoms with Gasteiger partial charge in [-0.05, 0) is 36.2 Å². The van der Waals surface area contributed by atoms with Crippen LogP contribution in [0.4, 0.5) is 4.79 Å². The maximum absolute atomic E-state index is 12.8. The summed E-state index contributed by atoms with van der Waals surface area (Å²) < 4.78 is 2.11. The van der Waals surface area contributed by atoms with Crippen LogP contribution in [0.1, 0.15) is 33.6 Å². The molecule has 25 heavy (non-hydrogen) atoms. The predicted molar refractivity (Wildman–Crippen MR) is 97.0 cm³/mol. The largest absolute Gasteiger partial charge is 0.333 e. The molecule has 0 aromatic heterocycles. The van der Waals surface area contributed by atoms with E-state index in [1.807, 2.05) is 0 Å². The van der Waals surface area contributed by atoms with E-state index in [0.29, 0.717) is 17.7 Å². The average Bonchev–Trinajstić information content (AvgIpc) is 2.89. The normalized spacial score (nSPS) is 28.2. The smallest absolute Gasteiger partial charge is 0.292 e. The van der Waals surface area contributed by atoms with Crippen molar-refractivity contribution in [3.8, 4) is 0 Å². The number of carbonyl (C=O) groups is 2. The molecule has 7 heteroatoms. The number of amidine groups is 2. The van der Waals surface area contributed by atoms with Gasteiger partial charge in [0.05, 0.1) is 6.54 Å². The second-order valence-corrected chi connectivity index (χ2v) is 8.06. The zero-order valence-corrected chi connectivity index (χ0v) is 16.0. The van der Waals surface area contributed by atoms with E-state index in [0.717, 1.165) is 32.0 Å². The molecule has 7 nitrogen and oxygen atoms in total. The molecule has 0 N–H and O–H groups in total. The molecular formula is C18H30N5O2+. The molecule has 3 amide bonds. The summed E-state index contributed by atoms with van der Waals surface area (Å²) in [6.07, 6.45) is 2.48. The first kappa shape index (κ1) is 18.0. The van der Waals surface area contributed by atoms with Gasteiger partial charge in [0.15, 0.2) is 0 Å². The third-order valence-electron chi connectivity index (χ3n) is 5.28. The number of rotatable bonds is 4. The van der Waals surface area contributed by atoms with E-state index in [-0.39, 0.29) is 11.9 Å². The molecule has 138 valence electrons. The first-order chi connectivity index (χ1) is 11.8. The molecule has 2 saturated heterocycles. The first-order valence-corrected chi connectivity index (χ1v) is 9.28. The van der Waals surface area contributed by atoms with Crippen molar-refractivity contribution in [2.75, 3.05) is 40.3 Å². The van der Waals surface area contributed by atoms with E-state index in [2.05, 4.69) is 30.2 Å². The molecule has 2 unspecified atom stereocenters. The minimum Gasteiger partial charge on any atom is -0.292 e. The number of nitrogens with zero attached hydrogens (tertiary/aromatic N) is 5. The molecule has 2 fully saturated rings. The summed E-state index contributed by atoms with van der Waals surface area (Å²) in [5, 5.41) is 0. The topological polar surface area (TPSA) is 59.2 Å². The third-order valence-corrected chi connectivity index (χ3v) is 5.28. The second-order valence-electron chi connectivity index (χ2n) is 8.06. The highest BCUT2D eigenvalue weighted by molar-refractivity contribution is 6.23. The minimum atomic E-state index is -0.465. The molecule has 0 aliphatic carbocycles. The van der Waals surface area contributed by atoms with Crippen molar-refractivity contribution in [2.45, 2.75) is 39.7 Å². The van der Waals surface area contributed by atoms with Gasteiger partial charge in [-0.25, -0.2) is 9.37 Å². The van der Waals surface area contributed by atoms with Crippen molar-refractivity contribution in [1.29, 1.82) is 0 Å². The molecular weight excluding hydrogens is 318 g/mol. The predicted octanol–water partition coefficient (Wildman–Crippen LogP) is 1.09. The zero-order chi connectivity index (χ0) is 18.3. The van der Waals surface area contributed by atoms with Gasteiger partial charge in [0.1, 0.15) is 6.54 Å². The number of aliphatic imine (C=N–C) groups is 1. The number of carbonyl (C=O) groups excluding carboxylic acids is 2. The Morgan fingerprint density at radius 2 is 1.96 bits per heavy atom. The van der Waals surface area contributed by atoms with E-state index in [1.165, 1.54) is 22.6 Å². The molecule has 3 rings (SSSR count). The Kier molecular flexibility index (Phi) is 4.95. The fraction of sp³-hybridized carbons (Fsp3) is 0.778. The highest BCUT2D eigenvalue weighted by atomic mass is 16.2. The molecule has 0 saturated carbocycles. The van der Waals surface area contributed by atoms with Crippen LogP contribution in [0.2, 0.25) is 0 Å². The van der Waals surface area contributed by atoms with Crippen LogP contribution in [-0.2, 0) is 4.79 Å². The molecule has 0 aromatic carbocycles. The summed E-state index contributed by atoms with van der Waals surface area (Å²) >= 11 is 0. The molecule has 3 aliphatic heterocycles. The van der Waals surface area contributed by atoms with Crippen LogP contribution >= 0.6 is 0 Å². The average molecular weight is 348 g/mol. The van der Waals surface area contributed by atoms with E-state index in [1.54, 1.807) is 14.1 Å². The van der Waals surface area contributed by atoms with Gasteiger partial charge in [0.2, 0.25) is 0 Å². The van der Waals surface area contributed by atoms with Crippen molar-refractivity contribution in [1.82, 2.24) is 14.7 Å². The van der Waals surface area contributed by atoms with Gasteiger partial charge in [-0.2, -0.15) is 0 Å². The number of piperidine rings is 1. The monoisotopic (exact) mass is 348 g/mol. The van der Waals surface area contributed by atoms with Crippen molar-refractivity contribution in [2.24, 2.45) is 16.8 Å². The number of likely N-dealkylation sites (N-methyl/N-ethyl adjacent to an activating group) is 2. The van der Waals surface area contributed by atoms with Crippen LogP contribution < -0.4 is 0 Å². The molecule has 0 bridgehead atoms. The lowest BCUT2D eigenvalue weighted by atomic mass is 10.0. The van der Waals surface area contributed by atoms with E-state index in [9.17, 15) is 9.59 Å². The second kappa shape index (κ2) is 6.86. The minimum absolute atomic E-state index is 0.176. The van der Waals surface area contributed by atoms with Crippen molar-refractivity contribution in [3.05, 3.63) is 0 Å². The number of hydrogen-bond donors (Lipinski definition) is 0. The fourth-order valence-corrected chi connectivity index (χ4v) is 4.01. The van der Waals surface area contributed by atoms with Gasteiger partial charge in [0, 0.05) is 20.6 Å². The number of likely N-dealkylation sites (tertiary alicyclic amines) is 1. The van der Waals surface area contributed by atoms with Crippen molar-refractivity contribution >= 4 is 23.6 Å². The molecule has 0 spiro atoms. The lowest BCUT2D eigenvalue weighted by Crippen LogP contribution is -2.61. The summed E-state index contributed by atoms with van der Waals surface area (Å²) in [4.78, 5) is 34.9. The highest BCUT2D eigenvalue weighted by Gasteiger charge is 2.53. The number of hydrogen-bond acceptors (Lipinski definition) is 4. The van der Waals surface area contributed by atoms with E-state index >= 15 is 0 Å². The van der Waals surface area contributed by atoms with E-state index in [4.69, 9.17) is 4.99 Å².